The first kappa shape index (κ1) is 11.3. The maximum absolute atomic E-state index is 12.5. The summed E-state index contributed by atoms with van der Waals surface area (Å²) in [4.78, 5) is 12.5. The summed E-state index contributed by atoms with van der Waals surface area (Å²) in [5.41, 5.74) is 5.86. The van der Waals surface area contributed by atoms with Gasteiger partial charge in [0.1, 0.15) is 0 Å². The Morgan fingerprint density at radius 3 is 2.33 bits per heavy atom. The monoisotopic (exact) mass is 248 g/mol. The molecule has 4 saturated carbocycles. The lowest BCUT2D eigenvalue weighted by atomic mass is 9.96. The Bertz CT molecular complexity index is 359. The Balaban J connectivity index is 1.43. The van der Waals surface area contributed by atoms with Crippen LogP contribution in [0.15, 0.2) is 0 Å². The van der Waals surface area contributed by atoms with Crippen molar-refractivity contribution in [1.29, 1.82) is 0 Å². The minimum Gasteiger partial charge on any atom is -0.349 e. The van der Waals surface area contributed by atoms with E-state index in [1.165, 1.54) is 32.1 Å². The highest BCUT2D eigenvalue weighted by molar-refractivity contribution is 5.83. The first-order valence-electron chi connectivity index (χ1n) is 7.76. The summed E-state index contributed by atoms with van der Waals surface area (Å²) in [6.07, 6.45) is 8.81. The summed E-state index contributed by atoms with van der Waals surface area (Å²) in [5, 5.41) is 3.34. The fourth-order valence-corrected chi connectivity index (χ4v) is 5.45. The van der Waals surface area contributed by atoms with Crippen molar-refractivity contribution in [3.63, 3.8) is 0 Å². The van der Waals surface area contributed by atoms with Crippen LogP contribution in [0.3, 0.4) is 0 Å². The van der Waals surface area contributed by atoms with Crippen LogP contribution in [0.5, 0.6) is 0 Å². The Morgan fingerprint density at radius 2 is 1.78 bits per heavy atom. The van der Waals surface area contributed by atoms with Gasteiger partial charge in [-0.15, -0.1) is 0 Å². The third-order valence-electron chi connectivity index (χ3n) is 6.38. The van der Waals surface area contributed by atoms with E-state index in [2.05, 4.69) is 5.32 Å². The summed E-state index contributed by atoms with van der Waals surface area (Å²) in [6, 6.07) is 0. The molecule has 4 aliphatic carbocycles. The zero-order chi connectivity index (χ0) is 12.3. The second-order valence-corrected chi connectivity index (χ2v) is 7.19. The van der Waals surface area contributed by atoms with Crippen molar-refractivity contribution in [2.24, 2.45) is 35.3 Å². The van der Waals surface area contributed by atoms with E-state index >= 15 is 0 Å². The van der Waals surface area contributed by atoms with Gasteiger partial charge in [0, 0.05) is 12.5 Å². The number of nitrogens with two attached hydrogens (primary N) is 1. The van der Waals surface area contributed by atoms with Crippen LogP contribution in [0.1, 0.15) is 44.9 Å². The van der Waals surface area contributed by atoms with Gasteiger partial charge in [-0.05, 0) is 55.8 Å². The topological polar surface area (TPSA) is 55.1 Å². The average molecular weight is 248 g/mol. The van der Waals surface area contributed by atoms with E-state index in [-0.39, 0.29) is 5.54 Å². The summed E-state index contributed by atoms with van der Waals surface area (Å²) in [6.45, 7) is 0.619. The molecule has 4 atom stereocenters. The number of amides is 1. The summed E-state index contributed by atoms with van der Waals surface area (Å²) in [5.74, 6) is 3.97. The molecule has 0 aromatic carbocycles. The zero-order valence-electron chi connectivity index (χ0n) is 11.0. The van der Waals surface area contributed by atoms with Crippen molar-refractivity contribution in [3.8, 4) is 0 Å². The van der Waals surface area contributed by atoms with E-state index in [9.17, 15) is 4.79 Å². The van der Waals surface area contributed by atoms with E-state index < -0.39 is 0 Å². The van der Waals surface area contributed by atoms with Gasteiger partial charge in [0.25, 0.3) is 0 Å². The number of carbonyl (C=O) groups excluding carboxylic acids is 1. The van der Waals surface area contributed by atoms with Crippen LogP contribution in [0, 0.1) is 29.6 Å². The molecule has 0 saturated heterocycles. The van der Waals surface area contributed by atoms with E-state index in [1.807, 2.05) is 0 Å². The molecule has 0 aromatic heterocycles. The highest BCUT2D eigenvalue weighted by atomic mass is 16.2. The Hall–Kier alpha value is -0.570. The van der Waals surface area contributed by atoms with Crippen molar-refractivity contribution in [2.45, 2.75) is 50.5 Å². The molecule has 0 radical (unpaired) electrons. The number of rotatable bonds is 3. The smallest absolute Gasteiger partial charge is 0.224 e. The number of nitrogens with one attached hydrogen (secondary N) is 1. The molecule has 1 amide bonds. The molecule has 4 rings (SSSR count). The maximum Gasteiger partial charge on any atom is 0.224 e. The molecule has 0 heterocycles. The quantitative estimate of drug-likeness (QED) is 0.798. The predicted molar refractivity (Wildman–Crippen MR) is 69.7 cm³/mol. The van der Waals surface area contributed by atoms with Crippen molar-refractivity contribution in [1.82, 2.24) is 5.32 Å². The maximum atomic E-state index is 12.5. The van der Waals surface area contributed by atoms with Gasteiger partial charge in [0.15, 0.2) is 0 Å². The summed E-state index contributed by atoms with van der Waals surface area (Å²) >= 11 is 0. The molecular weight excluding hydrogens is 224 g/mol. The number of hydrogen-bond acceptors (Lipinski definition) is 2. The lowest BCUT2D eigenvalue weighted by Gasteiger charge is -2.29. The normalized spacial score (nSPS) is 47.1. The van der Waals surface area contributed by atoms with Crippen molar-refractivity contribution >= 4 is 5.91 Å². The van der Waals surface area contributed by atoms with Gasteiger partial charge in [-0.1, -0.05) is 12.8 Å². The highest BCUT2D eigenvalue weighted by Gasteiger charge is 2.67. The predicted octanol–water partition coefficient (Wildman–Crippen LogP) is 1.67. The second-order valence-electron chi connectivity index (χ2n) is 7.19. The van der Waals surface area contributed by atoms with Crippen molar-refractivity contribution in [3.05, 3.63) is 0 Å². The van der Waals surface area contributed by atoms with E-state index in [4.69, 9.17) is 5.73 Å². The summed E-state index contributed by atoms with van der Waals surface area (Å²) in [7, 11) is 0. The number of hydrogen-bond donors (Lipinski definition) is 2. The molecule has 4 aliphatic rings. The molecule has 3 heteroatoms. The van der Waals surface area contributed by atoms with Crippen molar-refractivity contribution < 1.29 is 4.79 Å². The molecule has 3 nitrogen and oxygen atoms in total. The van der Waals surface area contributed by atoms with Crippen LogP contribution in [0.25, 0.3) is 0 Å². The van der Waals surface area contributed by atoms with Crippen LogP contribution in [-0.4, -0.2) is 18.0 Å². The number of fused-ring (bicyclic) bond motifs is 5. The molecule has 0 spiro atoms. The average Bonchev–Trinajstić information content (AvgIpc) is 2.75. The third kappa shape index (κ3) is 1.43. The highest BCUT2D eigenvalue weighted by Crippen LogP contribution is 2.69. The fourth-order valence-electron chi connectivity index (χ4n) is 5.45. The van der Waals surface area contributed by atoms with E-state index in [0.29, 0.717) is 18.4 Å². The molecular formula is C15H24N2O. The van der Waals surface area contributed by atoms with Crippen LogP contribution in [0.4, 0.5) is 0 Å². The van der Waals surface area contributed by atoms with Gasteiger partial charge < -0.3 is 11.1 Å². The van der Waals surface area contributed by atoms with Crippen LogP contribution in [0.2, 0.25) is 0 Å². The first-order chi connectivity index (χ1) is 8.74. The Kier molecular flexibility index (Phi) is 2.33. The largest absolute Gasteiger partial charge is 0.349 e. The molecule has 0 aromatic rings. The SMILES string of the molecule is NCC1(NC(=O)C2C3C4CCC(C4)C23)CCCC1. The van der Waals surface area contributed by atoms with Crippen LogP contribution >= 0.6 is 0 Å². The first-order valence-corrected chi connectivity index (χ1v) is 7.76. The molecule has 18 heavy (non-hydrogen) atoms. The number of carbonyl (C=O) groups is 1. The molecule has 2 bridgehead atoms. The standard InChI is InChI=1S/C15H24N2O/c16-8-15(5-1-2-6-15)17-14(18)13-11-9-3-4-10(7-9)12(11)13/h9-13H,1-8,16H2,(H,17,18). The molecule has 4 fully saturated rings. The van der Waals surface area contributed by atoms with Gasteiger partial charge >= 0.3 is 0 Å². The van der Waals surface area contributed by atoms with E-state index in [0.717, 1.165) is 36.5 Å². The molecule has 100 valence electrons. The lowest BCUT2D eigenvalue weighted by Crippen LogP contribution is -2.52. The van der Waals surface area contributed by atoms with Crippen LogP contribution < -0.4 is 11.1 Å². The second kappa shape index (κ2) is 3.72. The fraction of sp³-hybridized carbons (Fsp3) is 0.933. The lowest BCUT2D eigenvalue weighted by molar-refractivity contribution is -0.125. The van der Waals surface area contributed by atoms with Crippen molar-refractivity contribution in [2.75, 3.05) is 6.54 Å². The minimum absolute atomic E-state index is 0.0486. The molecule has 4 unspecified atom stereocenters. The third-order valence-corrected chi connectivity index (χ3v) is 6.38. The minimum atomic E-state index is -0.0486. The van der Waals surface area contributed by atoms with E-state index in [1.54, 1.807) is 0 Å². The Labute approximate surface area is 109 Å². The van der Waals surface area contributed by atoms with Gasteiger partial charge in [0.05, 0.1) is 5.54 Å². The van der Waals surface area contributed by atoms with Gasteiger partial charge in [-0.25, -0.2) is 0 Å². The zero-order valence-corrected chi connectivity index (χ0v) is 11.0. The van der Waals surface area contributed by atoms with Gasteiger partial charge in [0.2, 0.25) is 5.91 Å². The Morgan fingerprint density at radius 1 is 1.17 bits per heavy atom. The summed E-state index contributed by atoms with van der Waals surface area (Å²) < 4.78 is 0. The van der Waals surface area contributed by atoms with Gasteiger partial charge in [-0.3, -0.25) is 4.79 Å². The van der Waals surface area contributed by atoms with Gasteiger partial charge in [-0.2, -0.15) is 0 Å². The molecule has 0 aliphatic heterocycles. The van der Waals surface area contributed by atoms with Crippen LogP contribution in [-0.2, 0) is 4.79 Å². The molecule has 3 N–H and O–H groups in total.